The second-order valence-electron chi connectivity index (χ2n) is 7.04. The highest BCUT2D eigenvalue weighted by Gasteiger charge is 2.33. The van der Waals surface area contributed by atoms with Gasteiger partial charge in [-0.2, -0.15) is 9.61 Å². The van der Waals surface area contributed by atoms with E-state index in [9.17, 15) is 14.7 Å². The monoisotopic (exact) mass is 334 g/mol. The summed E-state index contributed by atoms with van der Waals surface area (Å²) in [4.78, 5) is 28.3. The number of hydrogen-bond donors (Lipinski definition) is 2. The number of H-pyrrole nitrogens is 1. The number of rotatable bonds is 1. The third-order valence-electron chi connectivity index (χ3n) is 3.93. The number of nitrogens with one attached hydrogen (secondary N) is 1. The minimum Gasteiger partial charge on any atom is -0.493 e. The van der Waals surface area contributed by atoms with Crippen LogP contribution in [-0.4, -0.2) is 42.8 Å². The van der Waals surface area contributed by atoms with Gasteiger partial charge in [-0.1, -0.05) is 0 Å². The normalized spacial score (nSPS) is 18.8. The van der Waals surface area contributed by atoms with Gasteiger partial charge in [0, 0.05) is 12.6 Å². The van der Waals surface area contributed by atoms with Crippen molar-refractivity contribution in [2.75, 3.05) is 6.54 Å². The van der Waals surface area contributed by atoms with E-state index in [0.717, 1.165) is 25.3 Å². The van der Waals surface area contributed by atoms with E-state index in [1.54, 1.807) is 11.0 Å². The molecule has 3 heterocycles. The molecule has 0 saturated carbocycles. The van der Waals surface area contributed by atoms with Gasteiger partial charge >= 0.3 is 6.09 Å². The van der Waals surface area contributed by atoms with Gasteiger partial charge in [0.15, 0.2) is 0 Å². The molecule has 1 saturated heterocycles. The van der Waals surface area contributed by atoms with Crippen molar-refractivity contribution in [3.05, 3.63) is 28.2 Å². The molecular formula is C16H22N4O4. The van der Waals surface area contributed by atoms with Crippen molar-refractivity contribution >= 4 is 11.7 Å². The average Bonchev–Trinajstić information content (AvgIpc) is 2.89. The number of likely N-dealkylation sites (tertiary alicyclic amines) is 1. The van der Waals surface area contributed by atoms with Crippen molar-refractivity contribution in [2.45, 2.75) is 51.7 Å². The zero-order valence-corrected chi connectivity index (χ0v) is 14.1. The molecule has 0 unspecified atom stereocenters. The first kappa shape index (κ1) is 16.4. The Morgan fingerprint density at radius 2 is 2.12 bits per heavy atom. The summed E-state index contributed by atoms with van der Waals surface area (Å²) in [5.41, 5.74) is 0.0446. The highest BCUT2D eigenvalue weighted by Crippen LogP contribution is 2.32. The molecule has 0 aliphatic carbocycles. The van der Waals surface area contributed by atoms with Crippen molar-refractivity contribution in [2.24, 2.45) is 0 Å². The lowest BCUT2D eigenvalue weighted by atomic mass is 10.00. The Kier molecular flexibility index (Phi) is 3.98. The number of nitrogens with zero attached hydrogens (tertiary/aromatic N) is 3. The lowest BCUT2D eigenvalue weighted by molar-refractivity contribution is 0.00898. The number of ether oxygens (including phenoxy) is 1. The fraction of sp³-hybridized carbons (Fsp3) is 0.562. The van der Waals surface area contributed by atoms with Crippen LogP contribution in [0.5, 0.6) is 5.88 Å². The van der Waals surface area contributed by atoms with Gasteiger partial charge in [-0.05, 0) is 40.0 Å². The molecule has 2 aromatic rings. The minimum absolute atomic E-state index is 0.236. The molecule has 3 rings (SSSR count). The van der Waals surface area contributed by atoms with Crippen molar-refractivity contribution < 1.29 is 14.6 Å². The predicted octanol–water partition coefficient (Wildman–Crippen LogP) is 2.19. The van der Waals surface area contributed by atoms with Crippen LogP contribution in [-0.2, 0) is 4.74 Å². The molecule has 1 aliphatic rings. The molecule has 2 N–H and O–H groups in total. The topological polar surface area (TPSA) is 99.9 Å². The summed E-state index contributed by atoms with van der Waals surface area (Å²) in [5, 5.41) is 14.2. The first-order chi connectivity index (χ1) is 11.2. The summed E-state index contributed by atoms with van der Waals surface area (Å²) in [6.45, 7) is 6.09. The third kappa shape index (κ3) is 3.22. The molecule has 1 atom stereocenters. The second-order valence-corrected chi connectivity index (χ2v) is 7.04. The molecule has 1 amide bonds. The number of carbonyl (C=O) groups excluding carboxylic acids is 1. The molecule has 8 heteroatoms. The number of aromatic hydroxyl groups is 1. The largest absolute Gasteiger partial charge is 0.493 e. The van der Waals surface area contributed by atoms with E-state index in [1.165, 1.54) is 4.52 Å². The second kappa shape index (κ2) is 5.85. The van der Waals surface area contributed by atoms with Crippen LogP contribution >= 0.6 is 0 Å². The zero-order chi connectivity index (χ0) is 17.5. The number of fused-ring (bicyclic) bond motifs is 1. The molecule has 24 heavy (non-hydrogen) atoms. The predicted molar refractivity (Wildman–Crippen MR) is 87.0 cm³/mol. The highest BCUT2D eigenvalue weighted by molar-refractivity contribution is 5.69. The number of carbonyl (C=O) groups is 1. The Bertz CT molecular complexity index is 818. The Labute approximate surface area is 139 Å². The van der Waals surface area contributed by atoms with Gasteiger partial charge in [0.2, 0.25) is 5.88 Å². The average molecular weight is 334 g/mol. The summed E-state index contributed by atoms with van der Waals surface area (Å²) in [5.74, 6) is -0.236. The van der Waals surface area contributed by atoms with E-state index in [2.05, 4.69) is 10.1 Å². The fourth-order valence-electron chi connectivity index (χ4n) is 2.94. The van der Waals surface area contributed by atoms with E-state index in [-0.39, 0.29) is 18.0 Å². The van der Waals surface area contributed by atoms with E-state index in [1.807, 2.05) is 20.8 Å². The molecule has 0 spiro atoms. The van der Waals surface area contributed by atoms with Crippen LogP contribution in [0.3, 0.4) is 0 Å². The van der Waals surface area contributed by atoms with Crippen molar-refractivity contribution in [3.63, 3.8) is 0 Å². The van der Waals surface area contributed by atoms with Gasteiger partial charge in [-0.15, -0.1) is 0 Å². The van der Waals surface area contributed by atoms with Crippen LogP contribution in [0.2, 0.25) is 0 Å². The van der Waals surface area contributed by atoms with Crippen molar-refractivity contribution in [1.82, 2.24) is 19.5 Å². The van der Waals surface area contributed by atoms with Gasteiger partial charge in [0.05, 0.1) is 17.8 Å². The first-order valence-electron chi connectivity index (χ1n) is 8.06. The van der Waals surface area contributed by atoms with E-state index in [0.29, 0.717) is 17.9 Å². The summed E-state index contributed by atoms with van der Waals surface area (Å²) in [6, 6.07) is 2.52. The Balaban J connectivity index is 1.95. The van der Waals surface area contributed by atoms with Crippen molar-refractivity contribution in [1.29, 1.82) is 0 Å². The maximum Gasteiger partial charge on any atom is 0.410 e. The smallest absolute Gasteiger partial charge is 0.410 e. The van der Waals surface area contributed by atoms with Gasteiger partial charge in [0.25, 0.3) is 5.56 Å². The summed E-state index contributed by atoms with van der Waals surface area (Å²) in [7, 11) is 0. The number of piperidine rings is 1. The minimum atomic E-state index is -0.568. The van der Waals surface area contributed by atoms with Gasteiger partial charge in [0.1, 0.15) is 11.2 Å². The summed E-state index contributed by atoms with van der Waals surface area (Å²) < 4.78 is 6.75. The lowest BCUT2D eigenvalue weighted by Crippen LogP contribution is -2.42. The molecule has 0 radical (unpaired) electrons. The highest BCUT2D eigenvalue weighted by atomic mass is 16.6. The molecule has 8 nitrogen and oxygen atoms in total. The van der Waals surface area contributed by atoms with Crippen LogP contribution < -0.4 is 5.56 Å². The zero-order valence-electron chi connectivity index (χ0n) is 14.1. The van der Waals surface area contributed by atoms with Crippen LogP contribution in [0.1, 0.15) is 51.8 Å². The number of hydrogen-bond acceptors (Lipinski definition) is 5. The quantitative estimate of drug-likeness (QED) is 0.832. The van der Waals surface area contributed by atoms with Gasteiger partial charge in [-0.3, -0.25) is 9.69 Å². The van der Waals surface area contributed by atoms with Crippen molar-refractivity contribution in [3.8, 4) is 5.88 Å². The fourth-order valence-corrected chi connectivity index (χ4v) is 2.94. The Hall–Kier alpha value is -2.51. The molecular weight excluding hydrogens is 312 g/mol. The molecule has 1 aliphatic heterocycles. The van der Waals surface area contributed by atoms with Crippen LogP contribution in [0.4, 0.5) is 4.79 Å². The Morgan fingerprint density at radius 3 is 2.83 bits per heavy atom. The molecule has 2 aromatic heterocycles. The third-order valence-corrected chi connectivity index (χ3v) is 3.93. The maximum absolute atomic E-state index is 12.5. The van der Waals surface area contributed by atoms with E-state index >= 15 is 0 Å². The lowest BCUT2D eigenvalue weighted by Gasteiger charge is -2.35. The standard InChI is InChI=1S/C16H22N4O4/c1-16(2,3)24-15(23)19-7-5-4-6-11(19)10-8-12-17-13(21)9-14(22)20(12)18-10/h8-9,11,22H,4-7H2,1-3H3,(H,17,21)/t11-/m0/s1. The molecule has 1 fully saturated rings. The van der Waals surface area contributed by atoms with E-state index in [4.69, 9.17) is 4.74 Å². The van der Waals surface area contributed by atoms with Crippen LogP contribution in [0, 0.1) is 0 Å². The van der Waals surface area contributed by atoms with Crippen LogP contribution in [0.25, 0.3) is 5.65 Å². The number of amides is 1. The first-order valence-corrected chi connectivity index (χ1v) is 8.06. The number of aromatic amines is 1. The summed E-state index contributed by atoms with van der Waals surface area (Å²) in [6.07, 6.45) is 2.27. The maximum atomic E-state index is 12.5. The molecule has 0 aromatic carbocycles. The Morgan fingerprint density at radius 1 is 1.38 bits per heavy atom. The summed E-state index contributed by atoms with van der Waals surface area (Å²) >= 11 is 0. The van der Waals surface area contributed by atoms with Gasteiger partial charge in [-0.25, -0.2) is 4.79 Å². The van der Waals surface area contributed by atoms with Crippen LogP contribution in [0.15, 0.2) is 16.9 Å². The molecule has 0 bridgehead atoms. The SMILES string of the molecule is CC(C)(C)OC(=O)N1CCCC[C@H]1c1cc2[nH]c(=O)cc(O)n2n1. The van der Waals surface area contributed by atoms with E-state index < -0.39 is 11.2 Å². The number of aromatic nitrogens is 3. The molecule has 130 valence electrons. The van der Waals surface area contributed by atoms with Gasteiger partial charge < -0.3 is 14.8 Å².